The Morgan fingerprint density at radius 3 is 2.87 bits per heavy atom. The minimum atomic E-state index is -0.249. The Morgan fingerprint density at radius 2 is 2.13 bits per heavy atom. The molecule has 4 N–H and O–H groups in total. The van der Waals surface area contributed by atoms with Crippen molar-refractivity contribution in [3.05, 3.63) is 70.5 Å². The molecule has 0 aliphatic carbocycles. The number of halogens is 1. The van der Waals surface area contributed by atoms with E-state index in [1.165, 1.54) is 12.5 Å². The lowest BCUT2D eigenvalue weighted by atomic mass is 10.0. The quantitative estimate of drug-likeness (QED) is 0.325. The molecule has 0 aliphatic rings. The van der Waals surface area contributed by atoms with Gasteiger partial charge in [-0.2, -0.15) is 0 Å². The van der Waals surface area contributed by atoms with Crippen molar-refractivity contribution < 1.29 is 9.32 Å². The number of hydrogen-bond donors (Lipinski definition) is 4. The van der Waals surface area contributed by atoms with Gasteiger partial charge in [0.1, 0.15) is 23.2 Å². The van der Waals surface area contributed by atoms with E-state index >= 15 is 0 Å². The molecule has 1 aromatic carbocycles. The van der Waals surface area contributed by atoms with Gasteiger partial charge in [0.25, 0.3) is 5.91 Å². The van der Waals surface area contributed by atoms with E-state index < -0.39 is 0 Å². The number of carbonyl (C=O) groups excluding carboxylic acids is 1. The molecule has 0 fully saturated rings. The van der Waals surface area contributed by atoms with Gasteiger partial charge in [-0.05, 0) is 32.0 Å². The summed E-state index contributed by atoms with van der Waals surface area (Å²) in [7, 11) is 0. The monoisotopic (exact) mass is 437 g/mol. The lowest BCUT2D eigenvalue weighted by molar-refractivity contribution is 0.0944. The van der Waals surface area contributed by atoms with Gasteiger partial charge in [-0.3, -0.25) is 10.2 Å². The fourth-order valence-corrected chi connectivity index (χ4v) is 3.23. The second-order valence-electron chi connectivity index (χ2n) is 7.19. The average Bonchev–Trinajstić information content (AvgIpc) is 3.40. The Hall–Kier alpha value is -3.72. The molecule has 158 valence electrons. The third kappa shape index (κ3) is 4.41. The van der Waals surface area contributed by atoms with Gasteiger partial charge < -0.3 is 20.1 Å². The molecular formula is C21H20ClN7O2. The Labute approximate surface area is 182 Å². The van der Waals surface area contributed by atoms with Gasteiger partial charge in [-0.15, -0.1) is 0 Å². The number of rotatable bonds is 7. The highest BCUT2D eigenvalue weighted by molar-refractivity contribution is 6.31. The normalized spacial score (nSPS) is 11.1. The molecule has 31 heavy (non-hydrogen) atoms. The van der Waals surface area contributed by atoms with Crippen LogP contribution in [-0.4, -0.2) is 37.8 Å². The highest BCUT2D eigenvalue weighted by Gasteiger charge is 2.18. The number of hydrogen-bond acceptors (Lipinski definition) is 7. The zero-order chi connectivity index (χ0) is 22.0. The second-order valence-corrected chi connectivity index (χ2v) is 7.63. The summed E-state index contributed by atoms with van der Waals surface area (Å²) in [6, 6.07) is 6.91. The molecular weight excluding hydrogens is 418 g/mol. The predicted octanol–water partition coefficient (Wildman–Crippen LogP) is 3.77. The van der Waals surface area contributed by atoms with Crippen LogP contribution in [0.2, 0.25) is 5.02 Å². The summed E-state index contributed by atoms with van der Waals surface area (Å²) in [5.74, 6) is -0.249. The van der Waals surface area contributed by atoms with Gasteiger partial charge in [0.2, 0.25) is 0 Å². The molecule has 0 spiro atoms. The first-order valence-electron chi connectivity index (χ1n) is 9.59. The first-order chi connectivity index (χ1) is 14.9. The van der Waals surface area contributed by atoms with Crippen molar-refractivity contribution in [2.24, 2.45) is 0 Å². The van der Waals surface area contributed by atoms with Gasteiger partial charge in [-0.25, -0.2) is 9.97 Å². The van der Waals surface area contributed by atoms with E-state index in [-0.39, 0.29) is 17.7 Å². The highest BCUT2D eigenvalue weighted by atomic mass is 35.5. The molecule has 0 bridgehead atoms. The first-order valence-corrected chi connectivity index (χ1v) is 9.97. The van der Waals surface area contributed by atoms with Crippen LogP contribution in [0.1, 0.15) is 41.2 Å². The number of aromatic amines is 1. The van der Waals surface area contributed by atoms with Crippen LogP contribution in [0.15, 0.2) is 47.4 Å². The van der Waals surface area contributed by atoms with Gasteiger partial charge in [0.15, 0.2) is 5.65 Å². The summed E-state index contributed by atoms with van der Waals surface area (Å²) >= 11 is 6.17. The van der Waals surface area contributed by atoms with Crippen molar-refractivity contribution in [2.75, 3.05) is 5.32 Å². The number of benzene rings is 1. The van der Waals surface area contributed by atoms with E-state index in [4.69, 9.17) is 21.5 Å². The molecule has 0 saturated heterocycles. The zero-order valence-corrected chi connectivity index (χ0v) is 17.6. The minimum Gasteiger partial charge on any atom is -0.379 e. The molecule has 0 saturated carbocycles. The Balaban J connectivity index is 1.67. The van der Waals surface area contributed by atoms with Crippen molar-refractivity contribution >= 4 is 40.1 Å². The zero-order valence-electron chi connectivity index (χ0n) is 16.9. The highest BCUT2D eigenvalue weighted by Crippen LogP contribution is 2.25. The molecule has 4 aromatic rings. The molecule has 4 rings (SSSR count). The standard InChI is InChI=1S/C21H20ClN7O2/c1-11(2)27-21(30)15-9-25-20-19(15)28-17(10-26-20)18(23)14-4-3-12(22)7-16(14)24-8-13-5-6-31-29-13/h3-7,9-11,23-24H,8H2,1-2H3,(H,25,26)(H,27,30). The first kappa shape index (κ1) is 20.5. The van der Waals surface area contributed by atoms with Crippen LogP contribution in [0, 0.1) is 5.41 Å². The maximum atomic E-state index is 12.5. The van der Waals surface area contributed by atoms with Gasteiger partial charge in [0.05, 0.1) is 24.0 Å². The van der Waals surface area contributed by atoms with Crippen molar-refractivity contribution in [2.45, 2.75) is 26.4 Å². The van der Waals surface area contributed by atoms with Crippen LogP contribution in [0.3, 0.4) is 0 Å². The van der Waals surface area contributed by atoms with Crippen LogP contribution in [0.25, 0.3) is 11.2 Å². The lowest BCUT2D eigenvalue weighted by Gasteiger charge is -2.13. The van der Waals surface area contributed by atoms with Crippen molar-refractivity contribution in [1.82, 2.24) is 25.4 Å². The third-order valence-corrected chi connectivity index (χ3v) is 4.74. The fraction of sp³-hybridized carbons (Fsp3) is 0.190. The second kappa shape index (κ2) is 8.57. The summed E-state index contributed by atoms with van der Waals surface area (Å²) < 4.78 is 4.85. The largest absolute Gasteiger partial charge is 0.379 e. The topological polar surface area (TPSA) is 133 Å². The molecule has 0 unspecified atom stereocenters. The lowest BCUT2D eigenvalue weighted by Crippen LogP contribution is -2.30. The van der Waals surface area contributed by atoms with Crippen molar-refractivity contribution in [1.29, 1.82) is 5.41 Å². The van der Waals surface area contributed by atoms with E-state index in [1.54, 1.807) is 30.5 Å². The summed E-state index contributed by atoms with van der Waals surface area (Å²) in [5, 5.41) is 19.2. The molecule has 10 heteroatoms. The van der Waals surface area contributed by atoms with Gasteiger partial charge in [0, 0.05) is 34.6 Å². The van der Waals surface area contributed by atoms with E-state index in [2.05, 4.69) is 30.7 Å². The van der Waals surface area contributed by atoms with Crippen LogP contribution >= 0.6 is 11.6 Å². The molecule has 3 heterocycles. The number of fused-ring (bicyclic) bond motifs is 1. The number of aromatic nitrogens is 4. The van der Waals surface area contributed by atoms with E-state index in [1.807, 2.05) is 13.8 Å². The molecule has 3 aromatic heterocycles. The van der Waals surface area contributed by atoms with Crippen LogP contribution < -0.4 is 10.6 Å². The molecule has 1 amide bonds. The summed E-state index contributed by atoms with van der Waals surface area (Å²) in [6.45, 7) is 4.17. The summed E-state index contributed by atoms with van der Waals surface area (Å²) in [6.07, 6.45) is 4.57. The summed E-state index contributed by atoms with van der Waals surface area (Å²) in [5.41, 5.74) is 3.69. The van der Waals surface area contributed by atoms with Crippen molar-refractivity contribution in [3.8, 4) is 0 Å². The van der Waals surface area contributed by atoms with Gasteiger partial charge in [-0.1, -0.05) is 16.8 Å². The Kier molecular flexibility index (Phi) is 5.68. The van der Waals surface area contributed by atoms with Crippen LogP contribution in [0.4, 0.5) is 5.69 Å². The van der Waals surface area contributed by atoms with Gasteiger partial charge >= 0.3 is 0 Å². The maximum Gasteiger partial charge on any atom is 0.255 e. The number of anilines is 1. The summed E-state index contributed by atoms with van der Waals surface area (Å²) in [4.78, 5) is 24.3. The van der Waals surface area contributed by atoms with E-state index in [0.29, 0.717) is 50.9 Å². The Bertz CT molecular complexity index is 1250. The number of amides is 1. The predicted molar refractivity (Wildman–Crippen MR) is 118 cm³/mol. The number of nitrogens with zero attached hydrogens (tertiary/aromatic N) is 3. The van der Waals surface area contributed by atoms with Crippen LogP contribution in [0.5, 0.6) is 0 Å². The van der Waals surface area contributed by atoms with Crippen molar-refractivity contribution in [3.63, 3.8) is 0 Å². The van der Waals surface area contributed by atoms with Crippen LogP contribution in [-0.2, 0) is 6.54 Å². The SMILES string of the molecule is CC(C)NC(=O)c1c[nH]c2ncc(C(=N)c3ccc(Cl)cc3NCc3ccon3)nc12. The number of carbonyl (C=O) groups is 1. The molecule has 0 aliphatic heterocycles. The minimum absolute atomic E-state index is 0.0145. The van der Waals surface area contributed by atoms with E-state index in [0.717, 1.165) is 0 Å². The molecule has 9 nitrogen and oxygen atoms in total. The number of H-pyrrole nitrogens is 1. The third-order valence-electron chi connectivity index (χ3n) is 4.50. The molecule has 0 radical (unpaired) electrons. The number of nitrogens with one attached hydrogen (secondary N) is 4. The smallest absolute Gasteiger partial charge is 0.255 e. The average molecular weight is 438 g/mol. The maximum absolute atomic E-state index is 12.5. The molecule has 0 atom stereocenters. The van der Waals surface area contributed by atoms with E-state index in [9.17, 15) is 4.79 Å². The fourth-order valence-electron chi connectivity index (χ4n) is 3.06. The Morgan fingerprint density at radius 1 is 1.29 bits per heavy atom.